The van der Waals surface area contributed by atoms with Crippen LogP contribution in [-0.2, 0) is 10.0 Å². The molecule has 0 aromatic heterocycles. The first-order valence-corrected chi connectivity index (χ1v) is 8.47. The highest BCUT2D eigenvalue weighted by Crippen LogP contribution is 2.24. The maximum absolute atomic E-state index is 12.4. The van der Waals surface area contributed by atoms with E-state index in [9.17, 15) is 8.42 Å². The van der Waals surface area contributed by atoms with E-state index in [1.54, 1.807) is 4.31 Å². The molecule has 2 heterocycles. The van der Waals surface area contributed by atoms with E-state index >= 15 is 0 Å². The summed E-state index contributed by atoms with van der Waals surface area (Å²) in [7, 11) is -3.06. The van der Waals surface area contributed by atoms with Crippen LogP contribution in [0.4, 0.5) is 0 Å². The molecule has 0 amide bonds. The van der Waals surface area contributed by atoms with Crippen molar-refractivity contribution in [2.24, 2.45) is 0 Å². The van der Waals surface area contributed by atoms with Crippen molar-refractivity contribution < 1.29 is 8.42 Å². The van der Waals surface area contributed by atoms with Crippen LogP contribution in [-0.4, -0.2) is 55.2 Å². The molecule has 0 aliphatic carbocycles. The molecule has 94 valence electrons. The smallest absolute Gasteiger partial charge is 0.218 e. The molecule has 16 heavy (non-hydrogen) atoms. The molecule has 2 atom stereocenters. The SMILES string of the molecule is CC1CN(S(=O)(=O)C2CCCNC2)CCS1. The quantitative estimate of drug-likeness (QED) is 0.789. The van der Waals surface area contributed by atoms with Crippen LogP contribution in [0.1, 0.15) is 19.8 Å². The lowest BCUT2D eigenvalue weighted by molar-refractivity contribution is 0.400. The fourth-order valence-electron chi connectivity index (χ4n) is 2.30. The molecule has 4 nitrogen and oxygen atoms in total. The first-order chi connectivity index (χ1) is 7.60. The van der Waals surface area contributed by atoms with Gasteiger partial charge in [-0.2, -0.15) is 16.1 Å². The second kappa shape index (κ2) is 5.25. The molecule has 2 fully saturated rings. The molecular weight excluding hydrogens is 244 g/mol. The Morgan fingerprint density at radius 3 is 2.88 bits per heavy atom. The number of nitrogens with zero attached hydrogens (tertiary/aromatic N) is 1. The van der Waals surface area contributed by atoms with E-state index in [0.29, 0.717) is 24.9 Å². The van der Waals surface area contributed by atoms with Crippen LogP contribution >= 0.6 is 11.8 Å². The van der Waals surface area contributed by atoms with E-state index < -0.39 is 10.0 Å². The summed E-state index contributed by atoms with van der Waals surface area (Å²) >= 11 is 1.86. The third-order valence-electron chi connectivity index (χ3n) is 3.24. The molecule has 1 N–H and O–H groups in total. The van der Waals surface area contributed by atoms with Gasteiger partial charge in [0, 0.05) is 30.6 Å². The van der Waals surface area contributed by atoms with E-state index in [4.69, 9.17) is 0 Å². The molecule has 2 rings (SSSR count). The summed E-state index contributed by atoms with van der Waals surface area (Å²) in [4.78, 5) is 0. The number of sulfonamides is 1. The molecule has 6 heteroatoms. The minimum atomic E-state index is -3.06. The normalized spacial score (nSPS) is 33.8. The van der Waals surface area contributed by atoms with E-state index in [0.717, 1.165) is 25.1 Å². The van der Waals surface area contributed by atoms with Gasteiger partial charge < -0.3 is 5.32 Å². The minimum absolute atomic E-state index is 0.198. The fourth-order valence-corrected chi connectivity index (χ4v) is 5.52. The fraction of sp³-hybridized carbons (Fsp3) is 1.00. The number of piperidine rings is 1. The van der Waals surface area contributed by atoms with Crippen LogP contribution in [0, 0.1) is 0 Å². The second-order valence-corrected chi connectivity index (χ2v) is 8.31. The highest BCUT2D eigenvalue weighted by atomic mass is 32.2. The summed E-state index contributed by atoms with van der Waals surface area (Å²) in [5, 5.41) is 3.41. The summed E-state index contributed by atoms with van der Waals surface area (Å²) in [6.07, 6.45) is 1.79. The van der Waals surface area contributed by atoms with Crippen LogP contribution in [0.15, 0.2) is 0 Å². The van der Waals surface area contributed by atoms with Gasteiger partial charge in [0.1, 0.15) is 0 Å². The van der Waals surface area contributed by atoms with Gasteiger partial charge in [0.2, 0.25) is 10.0 Å². The lowest BCUT2D eigenvalue weighted by Gasteiger charge is -2.34. The van der Waals surface area contributed by atoms with Gasteiger partial charge in [-0.25, -0.2) is 8.42 Å². The maximum atomic E-state index is 12.4. The van der Waals surface area contributed by atoms with E-state index in [-0.39, 0.29) is 5.25 Å². The molecular formula is C10H20N2O2S2. The van der Waals surface area contributed by atoms with Crippen molar-refractivity contribution in [3.05, 3.63) is 0 Å². The number of hydrogen-bond donors (Lipinski definition) is 1. The van der Waals surface area contributed by atoms with Crippen molar-refractivity contribution in [1.29, 1.82) is 0 Å². The van der Waals surface area contributed by atoms with E-state index in [2.05, 4.69) is 12.2 Å². The van der Waals surface area contributed by atoms with Crippen molar-refractivity contribution >= 4 is 21.8 Å². The Bertz CT molecular complexity index is 326. The van der Waals surface area contributed by atoms with Crippen molar-refractivity contribution in [3.8, 4) is 0 Å². The first kappa shape index (κ1) is 12.7. The Labute approximate surface area is 102 Å². The van der Waals surface area contributed by atoms with Crippen molar-refractivity contribution in [2.45, 2.75) is 30.3 Å². The summed E-state index contributed by atoms with van der Waals surface area (Å²) < 4.78 is 26.4. The van der Waals surface area contributed by atoms with Gasteiger partial charge in [-0.3, -0.25) is 0 Å². The minimum Gasteiger partial charge on any atom is -0.315 e. The molecule has 0 aromatic carbocycles. The average Bonchev–Trinajstić information content (AvgIpc) is 2.30. The maximum Gasteiger partial charge on any atom is 0.218 e. The van der Waals surface area contributed by atoms with Crippen molar-refractivity contribution in [1.82, 2.24) is 9.62 Å². The van der Waals surface area contributed by atoms with Gasteiger partial charge >= 0.3 is 0 Å². The zero-order chi connectivity index (χ0) is 11.6. The van der Waals surface area contributed by atoms with Gasteiger partial charge in [-0.1, -0.05) is 6.92 Å². The van der Waals surface area contributed by atoms with Crippen LogP contribution in [0.25, 0.3) is 0 Å². The summed E-state index contributed by atoms with van der Waals surface area (Å²) in [5.74, 6) is 0.931. The first-order valence-electron chi connectivity index (χ1n) is 5.92. The van der Waals surface area contributed by atoms with Crippen molar-refractivity contribution in [2.75, 3.05) is 31.9 Å². The molecule has 2 aliphatic rings. The Balaban J connectivity index is 2.05. The lowest BCUT2D eigenvalue weighted by Crippen LogP contribution is -2.49. The van der Waals surface area contributed by atoms with Crippen molar-refractivity contribution in [3.63, 3.8) is 0 Å². The number of hydrogen-bond acceptors (Lipinski definition) is 4. The van der Waals surface area contributed by atoms with Gasteiger partial charge in [0.15, 0.2) is 0 Å². The zero-order valence-electron chi connectivity index (χ0n) is 9.68. The molecule has 2 unspecified atom stereocenters. The highest BCUT2D eigenvalue weighted by molar-refractivity contribution is 8.00. The molecule has 2 saturated heterocycles. The molecule has 0 saturated carbocycles. The van der Waals surface area contributed by atoms with Crippen LogP contribution in [0.5, 0.6) is 0 Å². The number of nitrogens with one attached hydrogen (secondary N) is 1. The highest BCUT2D eigenvalue weighted by Gasteiger charge is 2.34. The zero-order valence-corrected chi connectivity index (χ0v) is 11.3. The summed E-state index contributed by atoms with van der Waals surface area (Å²) in [6.45, 7) is 5.06. The van der Waals surface area contributed by atoms with Crippen LogP contribution in [0.2, 0.25) is 0 Å². The lowest BCUT2D eigenvalue weighted by atomic mass is 10.2. The van der Waals surface area contributed by atoms with Crippen LogP contribution in [0.3, 0.4) is 0 Å². The van der Waals surface area contributed by atoms with Gasteiger partial charge in [0.05, 0.1) is 5.25 Å². The number of rotatable bonds is 2. The Hall–Kier alpha value is 0.220. The van der Waals surface area contributed by atoms with Gasteiger partial charge in [-0.05, 0) is 19.4 Å². The topological polar surface area (TPSA) is 49.4 Å². The van der Waals surface area contributed by atoms with E-state index in [1.165, 1.54) is 0 Å². The predicted octanol–water partition coefficient (Wildman–Crippen LogP) is 0.505. The Morgan fingerprint density at radius 2 is 2.25 bits per heavy atom. The largest absolute Gasteiger partial charge is 0.315 e. The van der Waals surface area contributed by atoms with E-state index in [1.807, 2.05) is 11.8 Å². The third kappa shape index (κ3) is 2.72. The molecule has 0 aromatic rings. The summed E-state index contributed by atoms with van der Waals surface area (Å²) in [5.41, 5.74) is 0. The number of thioether (sulfide) groups is 1. The standard InChI is InChI=1S/C10H20N2O2S2/c1-9-8-12(5-6-15-9)16(13,14)10-3-2-4-11-7-10/h9-11H,2-8H2,1H3. The monoisotopic (exact) mass is 264 g/mol. The third-order valence-corrected chi connectivity index (χ3v) is 6.67. The Kier molecular flexibility index (Phi) is 4.15. The second-order valence-electron chi connectivity index (χ2n) is 4.55. The molecule has 0 radical (unpaired) electrons. The van der Waals surface area contributed by atoms with Crippen LogP contribution < -0.4 is 5.32 Å². The molecule has 0 spiro atoms. The Morgan fingerprint density at radius 1 is 1.44 bits per heavy atom. The average molecular weight is 264 g/mol. The van der Waals surface area contributed by atoms with Gasteiger partial charge in [-0.15, -0.1) is 0 Å². The predicted molar refractivity (Wildman–Crippen MR) is 68.3 cm³/mol. The molecule has 2 aliphatic heterocycles. The molecule has 0 bridgehead atoms. The van der Waals surface area contributed by atoms with Gasteiger partial charge in [0.25, 0.3) is 0 Å². The summed E-state index contributed by atoms with van der Waals surface area (Å²) in [6, 6.07) is 0.